The highest BCUT2D eigenvalue weighted by Gasteiger charge is 2.24. The minimum absolute atomic E-state index is 0.00626. The van der Waals surface area contributed by atoms with Gasteiger partial charge in [0, 0.05) is 56.2 Å². The molecule has 0 amide bonds. The first-order valence-corrected chi connectivity index (χ1v) is 11.8. The van der Waals surface area contributed by atoms with Crippen LogP contribution >= 0.6 is 11.8 Å². The van der Waals surface area contributed by atoms with Crippen molar-refractivity contribution >= 4 is 39.1 Å². The SMILES string of the molecule is Cn1c(C2=N[C@H](CO)CS2)cc2cc(N3CCOCC3)cc(NC3CCOCC3)c21. The molecule has 0 unspecified atom stereocenters. The molecular weight excluding hydrogens is 400 g/mol. The van der Waals surface area contributed by atoms with Gasteiger partial charge in [0.25, 0.3) is 0 Å². The van der Waals surface area contributed by atoms with Crippen LogP contribution in [0.3, 0.4) is 0 Å². The van der Waals surface area contributed by atoms with Gasteiger partial charge in [0.2, 0.25) is 0 Å². The zero-order valence-corrected chi connectivity index (χ0v) is 18.3. The van der Waals surface area contributed by atoms with Crippen molar-refractivity contribution in [2.24, 2.45) is 12.0 Å². The lowest BCUT2D eigenvalue weighted by Crippen LogP contribution is -2.36. The molecule has 3 aliphatic rings. The number of thioether (sulfide) groups is 1. The van der Waals surface area contributed by atoms with Gasteiger partial charge in [-0.25, -0.2) is 0 Å². The Bertz CT molecular complexity index is 932. The molecule has 2 N–H and O–H groups in total. The van der Waals surface area contributed by atoms with Crippen LogP contribution in [0.5, 0.6) is 0 Å². The molecule has 30 heavy (non-hydrogen) atoms. The maximum Gasteiger partial charge on any atom is 0.115 e. The van der Waals surface area contributed by atoms with Crippen molar-refractivity contribution in [2.75, 3.05) is 62.1 Å². The monoisotopic (exact) mass is 430 g/mol. The van der Waals surface area contributed by atoms with Gasteiger partial charge in [0.05, 0.1) is 42.8 Å². The summed E-state index contributed by atoms with van der Waals surface area (Å²) in [5.41, 5.74) is 4.76. The Balaban J connectivity index is 1.56. The summed E-state index contributed by atoms with van der Waals surface area (Å²) in [5.74, 6) is 0.847. The summed E-state index contributed by atoms with van der Waals surface area (Å²) in [6.07, 6.45) is 2.06. The third-order valence-corrected chi connectivity index (χ3v) is 7.35. The smallest absolute Gasteiger partial charge is 0.115 e. The number of ether oxygens (including phenoxy) is 2. The number of aryl methyl sites for hydroxylation is 1. The largest absolute Gasteiger partial charge is 0.394 e. The summed E-state index contributed by atoms with van der Waals surface area (Å²) in [5, 5.41) is 15.6. The number of aliphatic hydroxyl groups excluding tert-OH is 1. The lowest BCUT2D eigenvalue weighted by molar-refractivity contribution is 0.0905. The van der Waals surface area contributed by atoms with Crippen LogP contribution in [0.15, 0.2) is 23.2 Å². The van der Waals surface area contributed by atoms with Crippen LogP contribution in [0.25, 0.3) is 10.9 Å². The third-order valence-electron chi connectivity index (χ3n) is 6.21. The molecule has 7 nitrogen and oxygen atoms in total. The summed E-state index contributed by atoms with van der Waals surface area (Å²) in [7, 11) is 2.12. The second-order valence-electron chi connectivity index (χ2n) is 8.23. The minimum atomic E-state index is 0.00626. The molecule has 2 aromatic rings. The van der Waals surface area contributed by atoms with Crippen LogP contribution in [0.4, 0.5) is 11.4 Å². The summed E-state index contributed by atoms with van der Waals surface area (Å²) < 4.78 is 13.4. The number of hydrogen-bond donors (Lipinski definition) is 2. The average molecular weight is 431 g/mol. The molecule has 0 saturated carbocycles. The second kappa shape index (κ2) is 8.78. The molecule has 8 heteroatoms. The predicted octanol–water partition coefficient (Wildman–Crippen LogP) is 2.46. The van der Waals surface area contributed by atoms with E-state index in [-0.39, 0.29) is 12.6 Å². The van der Waals surface area contributed by atoms with Crippen LogP contribution in [0, 0.1) is 0 Å². The Hall–Kier alpha value is -1.74. The fraction of sp³-hybridized carbons (Fsp3) is 0.591. The number of nitrogens with zero attached hydrogens (tertiary/aromatic N) is 3. The highest BCUT2D eigenvalue weighted by molar-refractivity contribution is 8.14. The van der Waals surface area contributed by atoms with E-state index in [0.717, 1.165) is 68.8 Å². The van der Waals surface area contributed by atoms with Gasteiger partial charge < -0.3 is 29.4 Å². The molecule has 1 aromatic heterocycles. The molecule has 5 rings (SSSR count). The van der Waals surface area contributed by atoms with Gasteiger partial charge in [-0.1, -0.05) is 0 Å². The summed E-state index contributed by atoms with van der Waals surface area (Å²) in [6, 6.07) is 7.28. The lowest BCUT2D eigenvalue weighted by atomic mass is 10.1. The van der Waals surface area contributed by atoms with Crippen molar-refractivity contribution < 1.29 is 14.6 Å². The van der Waals surface area contributed by atoms with Crippen molar-refractivity contribution in [3.05, 3.63) is 23.9 Å². The number of aromatic nitrogens is 1. The molecule has 4 heterocycles. The van der Waals surface area contributed by atoms with E-state index in [2.05, 4.69) is 40.0 Å². The first kappa shape index (κ1) is 20.2. The van der Waals surface area contributed by atoms with Crippen molar-refractivity contribution in [1.29, 1.82) is 0 Å². The quantitative estimate of drug-likeness (QED) is 0.759. The van der Waals surface area contributed by atoms with Gasteiger partial charge in [-0.05, 0) is 31.0 Å². The van der Waals surface area contributed by atoms with Crippen molar-refractivity contribution in [2.45, 2.75) is 24.9 Å². The Kier molecular flexibility index (Phi) is 5.91. The molecule has 162 valence electrons. The second-order valence-corrected chi connectivity index (χ2v) is 9.24. The maximum atomic E-state index is 9.48. The van der Waals surface area contributed by atoms with Gasteiger partial charge in [0.15, 0.2) is 0 Å². The summed E-state index contributed by atoms with van der Waals surface area (Å²) in [6.45, 7) is 5.13. The van der Waals surface area contributed by atoms with Crippen LogP contribution in [0.2, 0.25) is 0 Å². The number of hydrogen-bond acceptors (Lipinski definition) is 7. The molecule has 0 bridgehead atoms. The van der Waals surface area contributed by atoms with Crippen LogP contribution in [-0.4, -0.2) is 78.7 Å². The molecule has 2 saturated heterocycles. The predicted molar refractivity (Wildman–Crippen MR) is 123 cm³/mol. The molecular formula is C22H30N4O3S. The topological polar surface area (TPSA) is 71.2 Å². The van der Waals surface area contributed by atoms with Gasteiger partial charge in [-0.15, -0.1) is 11.8 Å². The number of benzene rings is 1. The number of anilines is 2. The van der Waals surface area contributed by atoms with Crippen LogP contribution < -0.4 is 10.2 Å². The number of morpholine rings is 1. The molecule has 1 aromatic carbocycles. The fourth-order valence-corrected chi connectivity index (χ4v) is 5.62. The lowest BCUT2D eigenvalue weighted by Gasteiger charge is -2.30. The third kappa shape index (κ3) is 3.93. The highest BCUT2D eigenvalue weighted by atomic mass is 32.2. The van der Waals surface area contributed by atoms with E-state index in [1.165, 1.54) is 22.3 Å². The summed E-state index contributed by atoms with van der Waals surface area (Å²) in [4.78, 5) is 7.15. The van der Waals surface area contributed by atoms with Crippen molar-refractivity contribution in [3.8, 4) is 0 Å². The van der Waals surface area contributed by atoms with Gasteiger partial charge in [-0.3, -0.25) is 4.99 Å². The van der Waals surface area contributed by atoms with E-state index in [9.17, 15) is 5.11 Å². The Morgan fingerprint density at radius 1 is 1.13 bits per heavy atom. The Morgan fingerprint density at radius 2 is 1.90 bits per heavy atom. The number of rotatable bonds is 5. The molecule has 3 aliphatic heterocycles. The zero-order chi connectivity index (χ0) is 20.5. The van der Waals surface area contributed by atoms with E-state index in [0.29, 0.717) is 6.04 Å². The first-order chi connectivity index (χ1) is 14.7. The minimum Gasteiger partial charge on any atom is -0.394 e. The number of aliphatic imine (C=N–C) groups is 1. The number of nitrogens with one attached hydrogen (secondary N) is 1. The molecule has 1 atom stereocenters. The van der Waals surface area contributed by atoms with Crippen LogP contribution in [0.1, 0.15) is 18.5 Å². The van der Waals surface area contributed by atoms with E-state index in [1.54, 1.807) is 11.8 Å². The van der Waals surface area contributed by atoms with Crippen molar-refractivity contribution in [3.63, 3.8) is 0 Å². The summed E-state index contributed by atoms with van der Waals surface area (Å²) >= 11 is 1.74. The molecule has 0 aliphatic carbocycles. The molecule has 0 spiro atoms. The first-order valence-electron chi connectivity index (χ1n) is 10.8. The van der Waals surface area contributed by atoms with Crippen molar-refractivity contribution in [1.82, 2.24) is 4.57 Å². The van der Waals surface area contributed by atoms with Gasteiger partial charge in [-0.2, -0.15) is 0 Å². The standard InChI is InChI=1S/C22H30N4O3S/c1-25-20(22-24-17(13-27)14-30-22)11-15-10-18(26-4-8-29-9-5-26)12-19(21(15)25)23-16-2-6-28-7-3-16/h10-12,16-17,23,27H,2-9,13-14H2,1H3/t17-/m1/s1. The Morgan fingerprint density at radius 3 is 2.63 bits per heavy atom. The normalized spacial score (nSPS) is 23.2. The van der Waals surface area contributed by atoms with Gasteiger partial charge >= 0.3 is 0 Å². The molecule has 2 fully saturated rings. The van der Waals surface area contributed by atoms with Crippen LogP contribution in [-0.2, 0) is 16.5 Å². The highest BCUT2D eigenvalue weighted by Crippen LogP contribution is 2.36. The Labute approximate surface area is 181 Å². The maximum absolute atomic E-state index is 9.48. The molecule has 0 radical (unpaired) electrons. The number of fused-ring (bicyclic) bond motifs is 1. The average Bonchev–Trinajstić information content (AvgIpc) is 3.39. The van der Waals surface area contributed by atoms with E-state index in [1.807, 2.05) is 0 Å². The number of aliphatic hydroxyl groups is 1. The van der Waals surface area contributed by atoms with E-state index < -0.39 is 0 Å². The fourth-order valence-electron chi connectivity index (χ4n) is 4.52. The van der Waals surface area contributed by atoms with E-state index in [4.69, 9.17) is 14.5 Å². The zero-order valence-electron chi connectivity index (χ0n) is 17.5. The van der Waals surface area contributed by atoms with E-state index >= 15 is 0 Å². The van der Waals surface area contributed by atoms with Gasteiger partial charge in [0.1, 0.15) is 5.04 Å².